The molecule has 1 unspecified atom stereocenters. The van der Waals surface area contributed by atoms with Crippen molar-refractivity contribution < 1.29 is 13.2 Å². The van der Waals surface area contributed by atoms with Gasteiger partial charge < -0.3 is 0 Å². The second-order valence-electron chi connectivity index (χ2n) is 2.46. The molecule has 0 N–H and O–H groups in total. The van der Waals surface area contributed by atoms with Crippen LogP contribution in [0.1, 0.15) is 26.7 Å². The summed E-state index contributed by atoms with van der Waals surface area (Å²) in [6, 6.07) is 0. The number of hydrogen-bond acceptors (Lipinski definition) is 0. The van der Waals surface area contributed by atoms with Crippen molar-refractivity contribution in [1.82, 2.24) is 0 Å². The molecule has 66 valence electrons. The van der Waals surface area contributed by atoms with Crippen LogP contribution in [0.25, 0.3) is 0 Å². The molecular formula is C8H13F3. The van der Waals surface area contributed by atoms with E-state index in [9.17, 15) is 13.2 Å². The molecule has 0 aromatic heterocycles. The second-order valence-corrected chi connectivity index (χ2v) is 2.46. The molecule has 0 rings (SSSR count). The van der Waals surface area contributed by atoms with Gasteiger partial charge in [-0.3, -0.25) is 0 Å². The van der Waals surface area contributed by atoms with Gasteiger partial charge in [0, 0.05) is 0 Å². The van der Waals surface area contributed by atoms with Crippen LogP contribution in [-0.2, 0) is 0 Å². The average molecular weight is 166 g/mol. The Morgan fingerprint density at radius 2 is 1.91 bits per heavy atom. The van der Waals surface area contributed by atoms with E-state index in [2.05, 4.69) is 0 Å². The van der Waals surface area contributed by atoms with Gasteiger partial charge in [-0.15, -0.1) is 0 Å². The topological polar surface area (TPSA) is 0 Å². The minimum absolute atomic E-state index is 0.188. The standard InChI is InChI=1S/C8H13F3/c1-3-5-7(6-4-2)8(9,10)11/h3,5,7H,4,6H2,1-2H3. The third-order valence-corrected chi connectivity index (χ3v) is 1.44. The predicted octanol–water partition coefficient (Wildman–Crippen LogP) is 3.54. The summed E-state index contributed by atoms with van der Waals surface area (Å²) in [7, 11) is 0. The van der Waals surface area contributed by atoms with Gasteiger partial charge in [0.25, 0.3) is 0 Å². The van der Waals surface area contributed by atoms with Gasteiger partial charge in [0.05, 0.1) is 5.92 Å². The van der Waals surface area contributed by atoms with E-state index in [4.69, 9.17) is 0 Å². The van der Waals surface area contributed by atoms with Crippen molar-refractivity contribution in [3.05, 3.63) is 12.2 Å². The van der Waals surface area contributed by atoms with E-state index in [0.717, 1.165) is 0 Å². The maximum Gasteiger partial charge on any atom is 0.395 e. The van der Waals surface area contributed by atoms with E-state index < -0.39 is 12.1 Å². The zero-order valence-electron chi connectivity index (χ0n) is 6.78. The second kappa shape index (κ2) is 4.42. The summed E-state index contributed by atoms with van der Waals surface area (Å²) in [6.07, 6.45) is -0.651. The molecule has 0 radical (unpaired) electrons. The van der Waals surface area contributed by atoms with Crippen molar-refractivity contribution in [1.29, 1.82) is 0 Å². The molecule has 0 fully saturated rings. The largest absolute Gasteiger partial charge is 0.395 e. The number of hydrogen-bond donors (Lipinski definition) is 0. The molecule has 0 aromatic carbocycles. The van der Waals surface area contributed by atoms with Gasteiger partial charge in [0.1, 0.15) is 0 Å². The molecule has 0 saturated heterocycles. The molecule has 0 amide bonds. The summed E-state index contributed by atoms with van der Waals surface area (Å²) in [5, 5.41) is 0. The third kappa shape index (κ3) is 4.06. The minimum atomic E-state index is -4.07. The highest BCUT2D eigenvalue weighted by Crippen LogP contribution is 2.30. The average Bonchev–Trinajstić information content (AvgIpc) is 1.85. The van der Waals surface area contributed by atoms with Crippen molar-refractivity contribution in [2.45, 2.75) is 32.9 Å². The lowest BCUT2D eigenvalue weighted by molar-refractivity contribution is -0.162. The van der Waals surface area contributed by atoms with Gasteiger partial charge in [-0.2, -0.15) is 13.2 Å². The van der Waals surface area contributed by atoms with Crippen LogP contribution < -0.4 is 0 Å². The highest BCUT2D eigenvalue weighted by atomic mass is 19.4. The first kappa shape index (κ1) is 10.5. The maximum absolute atomic E-state index is 12.0. The molecule has 0 heterocycles. The molecule has 0 aliphatic rings. The first-order valence-electron chi connectivity index (χ1n) is 3.71. The lowest BCUT2D eigenvalue weighted by atomic mass is 10.0. The predicted molar refractivity (Wildman–Crippen MR) is 39.3 cm³/mol. The minimum Gasteiger partial charge on any atom is -0.170 e. The smallest absolute Gasteiger partial charge is 0.170 e. The fourth-order valence-electron chi connectivity index (χ4n) is 0.912. The zero-order valence-corrected chi connectivity index (χ0v) is 6.78. The maximum atomic E-state index is 12.0. The Morgan fingerprint density at radius 1 is 1.36 bits per heavy atom. The number of rotatable bonds is 3. The Bertz CT molecular complexity index is 124. The molecule has 0 aliphatic heterocycles. The number of halogens is 3. The van der Waals surface area contributed by atoms with Crippen LogP contribution in [0, 0.1) is 5.92 Å². The van der Waals surface area contributed by atoms with Crippen LogP contribution in [0.15, 0.2) is 12.2 Å². The lowest BCUT2D eigenvalue weighted by Gasteiger charge is -2.15. The molecule has 0 bridgehead atoms. The van der Waals surface area contributed by atoms with Crippen molar-refractivity contribution in [3.8, 4) is 0 Å². The molecule has 0 saturated carbocycles. The lowest BCUT2D eigenvalue weighted by Crippen LogP contribution is -2.20. The van der Waals surface area contributed by atoms with Gasteiger partial charge in [-0.1, -0.05) is 25.5 Å². The molecule has 1 atom stereocenters. The summed E-state index contributed by atoms with van der Waals surface area (Å²) in [5.74, 6) is -1.25. The highest BCUT2D eigenvalue weighted by Gasteiger charge is 2.36. The number of allylic oxidation sites excluding steroid dienone is 2. The SMILES string of the molecule is CC=CC(CCC)C(F)(F)F. The Hall–Kier alpha value is -0.470. The highest BCUT2D eigenvalue weighted by molar-refractivity contribution is 4.89. The zero-order chi connectivity index (χ0) is 8.91. The summed E-state index contributed by atoms with van der Waals surface area (Å²) in [4.78, 5) is 0. The van der Waals surface area contributed by atoms with E-state index in [1.165, 1.54) is 12.2 Å². The fraction of sp³-hybridized carbons (Fsp3) is 0.750. The van der Waals surface area contributed by atoms with Gasteiger partial charge in [-0.25, -0.2) is 0 Å². The summed E-state index contributed by atoms with van der Waals surface area (Å²) >= 11 is 0. The van der Waals surface area contributed by atoms with Crippen LogP contribution in [0.3, 0.4) is 0 Å². The summed E-state index contributed by atoms with van der Waals surface area (Å²) in [5.41, 5.74) is 0. The Balaban J connectivity index is 4.10. The van der Waals surface area contributed by atoms with E-state index >= 15 is 0 Å². The van der Waals surface area contributed by atoms with Crippen molar-refractivity contribution in [2.75, 3.05) is 0 Å². The van der Waals surface area contributed by atoms with Crippen molar-refractivity contribution in [3.63, 3.8) is 0 Å². The molecule has 3 heteroatoms. The first-order chi connectivity index (χ1) is 5.02. The van der Waals surface area contributed by atoms with Crippen LogP contribution in [0.2, 0.25) is 0 Å². The Kier molecular flexibility index (Phi) is 4.23. The summed E-state index contributed by atoms with van der Waals surface area (Å²) < 4.78 is 36.1. The number of alkyl halides is 3. The van der Waals surface area contributed by atoms with E-state index in [1.54, 1.807) is 13.8 Å². The third-order valence-electron chi connectivity index (χ3n) is 1.44. The van der Waals surface area contributed by atoms with Crippen LogP contribution >= 0.6 is 0 Å². The molecule has 0 aliphatic carbocycles. The van der Waals surface area contributed by atoms with Crippen molar-refractivity contribution >= 4 is 0 Å². The van der Waals surface area contributed by atoms with E-state index in [0.29, 0.717) is 6.42 Å². The molecule has 0 nitrogen and oxygen atoms in total. The van der Waals surface area contributed by atoms with Crippen molar-refractivity contribution in [2.24, 2.45) is 5.92 Å². The van der Waals surface area contributed by atoms with Gasteiger partial charge in [-0.05, 0) is 13.3 Å². The van der Waals surface area contributed by atoms with Gasteiger partial charge in [0.15, 0.2) is 0 Å². The van der Waals surface area contributed by atoms with E-state index in [-0.39, 0.29) is 6.42 Å². The van der Waals surface area contributed by atoms with Crippen LogP contribution in [0.4, 0.5) is 13.2 Å². The Morgan fingerprint density at radius 3 is 2.18 bits per heavy atom. The first-order valence-corrected chi connectivity index (χ1v) is 3.71. The molecule has 0 spiro atoms. The quantitative estimate of drug-likeness (QED) is 0.562. The monoisotopic (exact) mass is 166 g/mol. The van der Waals surface area contributed by atoms with Crippen LogP contribution in [-0.4, -0.2) is 6.18 Å². The van der Waals surface area contributed by atoms with Crippen LogP contribution in [0.5, 0.6) is 0 Å². The molecule has 0 aromatic rings. The normalized spacial score (nSPS) is 15.7. The van der Waals surface area contributed by atoms with Gasteiger partial charge in [0.2, 0.25) is 0 Å². The van der Waals surface area contributed by atoms with E-state index in [1.807, 2.05) is 0 Å². The Labute approximate surface area is 65.1 Å². The molecular weight excluding hydrogens is 153 g/mol. The fourth-order valence-corrected chi connectivity index (χ4v) is 0.912. The summed E-state index contributed by atoms with van der Waals surface area (Å²) in [6.45, 7) is 3.36. The molecule has 11 heavy (non-hydrogen) atoms. The van der Waals surface area contributed by atoms with Gasteiger partial charge >= 0.3 is 6.18 Å².